The summed E-state index contributed by atoms with van der Waals surface area (Å²) in [6.45, 7) is 1.21. The number of hydrogen-bond donors (Lipinski definition) is 3. The summed E-state index contributed by atoms with van der Waals surface area (Å²) in [5.74, 6) is -1.10. The van der Waals surface area contributed by atoms with Gasteiger partial charge in [0.2, 0.25) is 11.8 Å². The predicted octanol–water partition coefficient (Wildman–Crippen LogP) is 4.39. The van der Waals surface area contributed by atoms with E-state index in [4.69, 9.17) is 11.6 Å². The first kappa shape index (κ1) is 19.8. The number of carbonyl (C=O) groups excluding carboxylic acids is 2. The van der Waals surface area contributed by atoms with Crippen molar-refractivity contribution in [3.05, 3.63) is 57.6 Å². The first-order chi connectivity index (χ1) is 13.8. The summed E-state index contributed by atoms with van der Waals surface area (Å²) in [7, 11) is 0. The number of urea groups is 1. The average molecular weight is 417 g/mol. The lowest BCUT2D eigenvalue weighted by Gasteiger charge is -2.04. The van der Waals surface area contributed by atoms with Gasteiger partial charge in [-0.2, -0.15) is 0 Å². The van der Waals surface area contributed by atoms with Crippen LogP contribution in [0.15, 0.2) is 52.8 Å². The zero-order chi connectivity index (χ0) is 21.1. The highest BCUT2D eigenvalue weighted by Gasteiger charge is 2.21. The number of benzene rings is 2. The molecule has 0 bridgehead atoms. The van der Waals surface area contributed by atoms with Gasteiger partial charge in [0.25, 0.3) is 5.69 Å². The summed E-state index contributed by atoms with van der Waals surface area (Å²) in [4.78, 5) is 34.1. The van der Waals surface area contributed by atoms with Crippen molar-refractivity contribution in [1.29, 1.82) is 0 Å². The van der Waals surface area contributed by atoms with E-state index in [-0.39, 0.29) is 22.3 Å². The van der Waals surface area contributed by atoms with Crippen molar-refractivity contribution >= 4 is 51.5 Å². The molecule has 2 amide bonds. The minimum atomic E-state index is -0.761. The van der Waals surface area contributed by atoms with Crippen molar-refractivity contribution in [3.63, 3.8) is 0 Å². The Labute approximate surface area is 167 Å². The molecule has 0 fully saturated rings. The van der Waals surface area contributed by atoms with Gasteiger partial charge in [0.05, 0.1) is 21.2 Å². The first-order valence-electron chi connectivity index (χ1n) is 8.04. The van der Waals surface area contributed by atoms with E-state index in [2.05, 4.69) is 21.1 Å². The van der Waals surface area contributed by atoms with Gasteiger partial charge in [0.15, 0.2) is 5.69 Å². The van der Waals surface area contributed by atoms with Gasteiger partial charge in [-0.1, -0.05) is 29.0 Å². The van der Waals surface area contributed by atoms with Crippen LogP contribution in [0.3, 0.4) is 0 Å². The third-order valence-electron chi connectivity index (χ3n) is 3.85. The molecule has 12 heteroatoms. The maximum Gasteiger partial charge on any atom is 0.341 e. The number of anilines is 1. The summed E-state index contributed by atoms with van der Waals surface area (Å²) in [5.41, 5.74) is 2.15. The van der Waals surface area contributed by atoms with Gasteiger partial charge in [-0.3, -0.25) is 14.9 Å². The highest BCUT2D eigenvalue weighted by molar-refractivity contribution is 6.33. The number of nitro benzene ring substituents is 1. The number of nitrogens with one attached hydrogen (secondary N) is 2. The number of rotatable bonds is 4. The summed E-state index contributed by atoms with van der Waals surface area (Å²) < 4.78 is 0.928. The molecule has 3 N–H and O–H groups in total. The molecule has 0 aliphatic rings. The fourth-order valence-corrected chi connectivity index (χ4v) is 2.80. The topological polar surface area (TPSA) is 151 Å². The molecule has 0 atom stereocenters. The van der Waals surface area contributed by atoms with E-state index in [0.717, 1.165) is 10.6 Å². The standard InChI is InChI=1S/C17H13ClN6O5/c1-9(25)23-14-7-6-10(24(28)29)8-11(14)15(16(23)26)20-22-21-17(27)19-13-5-3-2-4-12(13)18/h2-8,26H,1H3,(H2,19,20,21,27). The van der Waals surface area contributed by atoms with Gasteiger partial charge in [0.1, 0.15) is 0 Å². The van der Waals surface area contributed by atoms with E-state index in [9.17, 15) is 24.8 Å². The molecule has 0 aliphatic heterocycles. The Kier molecular flexibility index (Phi) is 5.41. The molecule has 3 rings (SSSR count). The molecular formula is C17H13ClN6O5. The lowest BCUT2D eigenvalue weighted by atomic mass is 10.2. The predicted molar refractivity (Wildman–Crippen MR) is 105 cm³/mol. The van der Waals surface area contributed by atoms with Crippen molar-refractivity contribution in [3.8, 4) is 5.88 Å². The number of non-ortho nitro benzene ring substituents is 1. The van der Waals surface area contributed by atoms with Gasteiger partial charge in [0, 0.05) is 24.4 Å². The maximum absolute atomic E-state index is 11.9. The fraction of sp³-hybridized carbons (Fsp3) is 0.0588. The smallest absolute Gasteiger partial charge is 0.341 e. The number of halogens is 1. The van der Waals surface area contributed by atoms with Crippen molar-refractivity contribution < 1.29 is 19.6 Å². The highest BCUT2D eigenvalue weighted by atomic mass is 35.5. The Bertz CT molecular complexity index is 1170. The second-order valence-corrected chi connectivity index (χ2v) is 6.14. The number of fused-ring (bicyclic) bond motifs is 1. The molecule has 0 aliphatic carbocycles. The largest absolute Gasteiger partial charge is 0.493 e. The van der Waals surface area contributed by atoms with E-state index in [0.29, 0.717) is 10.7 Å². The second kappa shape index (κ2) is 7.94. The summed E-state index contributed by atoms with van der Waals surface area (Å²) in [5, 5.41) is 31.4. The molecule has 0 saturated carbocycles. The molecule has 0 radical (unpaired) electrons. The second-order valence-electron chi connectivity index (χ2n) is 5.73. The number of carbonyl (C=O) groups is 2. The normalized spacial score (nSPS) is 11.0. The lowest BCUT2D eigenvalue weighted by molar-refractivity contribution is -0.384. The number of aromatic nitrogens is 1. The first-order valence-corrected chi connectivity index (χ1v) is 8.42. The third kappa shape index (κ3) is 3.99. The van der Waals surface area contributed by atoms with Gasteiger partial charge in [-0.25, -0.2) is 14.8 Å². The van der Waals surface area contributed by atoms with Crippen molar-refractivity contribution in [2.45, 2.75) is 6.92 Å². The minimum absolute atomic E-state index is 0.115. The molecule has 29 heavy (non-hydrogen) atoms. The Morgan fingerprint density at radius 1 is 1.24 bits per heavy atom. The van der Waals surface area contributed by atoms with Crippen LogP contribution in [0, 0.1) is 10.1 Å². The van der Waals surface area contributed by atoms with Crippen LogP contribution in [-0.2, 0) is 0 Å². The number of nitro groups is 1. The molecule has 0 saturated heterocycles. The minimum Gasteiger partial charge on any atom is -0.493 e. The monoisotopic (exact) mass is 416 g/mol. The average Bonchev–Trinajstić information content (AvgIpc) is 2.94. The molecular weight excluding hydrogens is 404 g/mol. The zero-order valence-electron chi connectivity index (χ0n) is 14.8. The Morgan fingerprint density at radius 3 is 2.62 bits per heavy atom. The quantitative estimate of drug-likeness (QED) is 0.327. The van der Waals surface area contributed by atoms with Crippen LogP contribution in [0.5, 0.6) is 5.88 Å². The fourth-order valence-electron chi connectivity index (χ4n) is 2.61. The molecule has 148 valence electrons. The van der Waals surface area contributed by atoms with E-state index in [1.807, 2.05) is 0 Å². The number of amides is 2. The Hall–Kier alpha value is -3.99. The Morgan fingerprint density at radius 2 is 1.97 bits per heavy atom. The van der Waals surface area contributed by atoms with Crippen molar-refractivity contribution in [1.82, 2.24) is 9.99 Å². The van der Waals surface area contributed by atoms with Crippen molar-refractivity contribution in [2.75, 3.05) is 5.32 Å². The van der Waals surface area contributed by atoms with Crippen LogP contribution in [0.4, 0.5) is 21.9 Å². The van der Waals surface area contributed by atoms with Crippen molar-refractivity contribution in [2.24, 2.45) is 10.3 Å². The van der Waals surface area contributed by atoms with Crippen LogP contribution in [-0.4, -0.2) is 26.5 Å². The number of para-hydroxylation sites is 1. The van der Waals surface area contributed by atoms with Crippen LogP contribution < -0.4 is 10.7 Å². The van der Waals surface area contributed by atoms with E-state index in [1.165, 1.54) is 19.1 Å². The number of hydrogen-bond acceptors (Lipinski definition) is 7. The van der Waals surface area contributed by atoms with Crippen LogP contribution in [0.1, 0.15) is 11.7 Å². The van der Waals surface area contributed by atoms with Gasteiger partial charge in [-0.05, 0) is 18.2 Å². The molecule has 0 spiro atoms. The summed E-state index contributed by atoms with van der Waals surface area (Å²) in [6, 6.07) is 9.41. The molecule has 1 heterocycles. The van der Waals surface area contributed by atoms with Gasteiger partial charge < -0.3 is 10.4 Å². The molecule has 3 aromatic rings. The number of nitrogens with zero attached hydrogens (tertiary/aromatic N) is 4. The van der Waals surface area contributed by atoms with Crippen LogP contribution >= 0.6 is 11.6 Å². The van der Waals surface area contributed by atoms with E-state index < -0.39 is 22.7 Å². The van der Waals surface area contributed by atoms with Gasteiger partial charge >= 0.3 is 6.03 Å². The van der Waals surface area contributed by atoms with Gasteiger partial charge in [-0.15, -0.1) is 5.11 Å². The molecule has 11 nitrogen and oxygen atoms in total. The highest BCUT2D eigenvalue weighted by Crippen LogP contribution is 2.40. The molecule has 0 unspecified atom stereocenters. The van der Waals surface area contributed by atoms with Crippen LogP contribution in [0.25, 0.3) is 10.9 Å². The zero-order valence-corrected chi connectivity index (χ0v) is 15.5. The maximum atomic E-state index is 11.9. The molecule has 2 aromatic carbocycles. The summed E-state index contributed by atoms with van der Waals surface area (Å²) in [6.07, 6.45) is 0. The third-order valence-corrected chi connectivity index (χ3v) is 4.18. The van der Waals surface area contributed by atoms with Crippen LogP contribution in [0.2, 0.25) is 5.02 Å². The van der Waals surface area contributed by atoms with E-state index >= 15 is 0 Å². The Balaban J connectivity index is 1.90. The summed E-state index contributed by atoms with van der Waals surface area (Å²) >= 11 is 5.94. The van der Waals surface area contributed by atoms with E-state index in [1.54, 1.807) is 24.3 Å². The number of aromatic hydroxyl groups is 1. The molecule has 1 aromatic heterocycles. The lowest BCUT2D eigenvalue weighted by Crippen LogP contribution is -2.23. The SMILES string of the molecule is CC(=O)n1c(O)c(N=NNC(=O)Nc2ccccc2Cl)c2cc([N+](=O)[O-])ccc21.